The monoisotopic (exact) mass is 275 g/mol. The van der Waals surface area contributed by atoms with E-state index in [1.807, 2.05) is 0 Å². The second kappa shape index (κ2) is 8.90. The number of ether oxygens (including phenoxy) is 3. The summed E-state index contributed by atoms with van der Waals surface area (Å²) in [4.78, 5) is 45.5. The van der Waals surface area contributed by atoms with Crippen molar-refractivity contribution in [2.24, 2.45) is 0 Å². The summed E-state index contributed by atoms with van der Waals surface area (Å²) in [6.07, 6.45) is -1.58. The van der Waals surface area contributed by atoms with Crippen LogP contribution in [0.15, 0.2) is 0 Å². The van der Waals surface area contributed by atoms with Crippen LogP contribution >= 0.6 is 0 Å². The molecule has 0 aromatic carbocycles. The molecule has 0 saturated heterocycles. The van der Waals surface area contributed by atoms with Crippen molar-refractivity contribution >= 4 is 24.0 Å². The minimum Gasteiger partial charge on any atom is -0.465 e. The van der Waals surface area contributed by atoms with Crippen LogP contribution in [0.2, 0.25) is 0 Å². The zero-order chi connectivity index (χ0) is 14.8. The predicted octanol–water partition coefficient (Wildman–Crippen LogP) is 0.0977. The van der Waals surface area contributed by atoms with Crippen molar-refractivity contribution in [1.29, 1.82) is 0 Å². The quantitative estimate of drug-likeness (QED) is 0.500. The van der Waals surface area contributed by atoms with Crippen LogP contribution in [0, 0.1) is 0 Å². The maximum atomic E-state index is 11.5. The average Bonchev–Trinajstić information content (AvgIpc) is 2.35. The van der Waals surface area contributed by atoms with Gasteiger partial charge in [0, 0.05) is 13.5 Å². The lowest BCUT2D eigenvalue weighted by Crippen LogP contribution is -2.33. The zero-order valence-corrected chi connectivity index (χ0v) is 11.1. The molecule has 0 atom stereocenters. The summed E-state index contributed by atoms with van der Waals surface area (Å²) in [5, 5.41) is 0. The molecule has 0 aromatic rings. The number of nitrogens with zero attached hydrogens (tertiary/aromatic N) is 1. The minimum atomic E-state index is -1.13. The largest absolute Gasteiger partial charge is 0.515 e. The van der Waals surface area contributed by atoms with E-state index in [1.165, 1.54) is 7.05 Å². The van der Waals surface area contributed by atoms with Crippen LogP contribution in [0.25, 0.3) is 0 Å². The number of esters is 2. The number of likely N-dealkylation sites (N-methyl/N-ethyl adjacent to an activating group) is 1. The maximum absolute atomic E-state index is 11.5. The lowest BCUT2D eigenvalue weighted by Gasteiger charge is -2.15. The van der Waals surface area contributed by atoms with E-state index in [9.17, 15) is 19.2 Å². The first kappa shape index (κ1) is 16.9. The van der Waals surface area contributed by atoms with Crippen molar-refractivity contribution in [2.75, 3.05) is 27.3 Å². The van der Waals surface area contributed by atoms with Gasteiger partial charge in [-0.25, -0.2) is 4.79 Å². The second-order valence-corrected chi connectivity index (χ2v) is 3.48. The van der Waals surface area contributed by atoms with Gasteiger partial charge >= 0.3 is 18.1 Å². The lowest BCUT2D eigenvalue weighted by molar-refractivity contribution is -0.148. The van der Waals surface area contributed by atoms with E-state index in [0.717, 1.165) is 12.0 Å². The lowest BCUT2D eigenvalue weighted by atomic mass is 10.3. The predicted molar refractivity (Wildman–Crippen MR) is 62.0 cm³/mol. The minimum absolute atomic E-state index is 0.175. The van der Waals surface area contributed by atoms with Gasteiger partial charge in [-0.15, -0.1) is 0 Å². The Morgan fingerprint density at radius 3 is 2.21 bits per heavy atom. The highest BCUT2D eigenvalue weighted by atomic mass is 16.7. The smallest absolute Gasteiger partial charge is 0.465 e. The maximum Gasteiger partial charge on any atom is 0.515 e. The van der Waals surface area contributed by atoms with E-state index in [1.54, 1.807) is 6.92 Å². The molecule has 0 aliphatic heterocycles. The summed E-state index contributed by atoms with van der Waals surface area (Å²) in [6.45, 7) is 1.69. The van der Waals surface area contributed by atoms with E-state index in [0.29, 0.717) is 0 Å². The first-order valence-corrected chi connectivity index (χ1v) is 5.58. The van der Waals surface area contributed by atoms with Gasteiger partial charge in [-0.3, -0.25) is 14.4 Å². The molecule has 1 amide bonds. The number of hydrogen-bond acceptors (Lipinski definition) is 7. The van der Waals surface area contributed by atoms with Crippen LogP contribution in [0.1, 0.15) is 19.8 Å². The molecule has 108 valence electrons. The second-order valence-electron chi connectivity index (χ2n) is 3.48. The summed E-state index contributed by atoms with van der Waals surface area (Å²) >= 11 is 0. The molecule has 0 radical (unpaired) electrons. The molecule has 0 heterocycles. The van der Waals surface area contributed by atoms with Crippen molar-refractivity contribution in [3.63, 3.8) is 0 Å². The fraction of sp³-hybridized carbons (Fsp3) is 0.636. The van der Waals surface area contributed by atoms with Crippen molar-refractivity contribution in [3.05, 3.63) is 0 Å². The van der Waals surface area contributed by atoms with Crippen LogP contribution in [-0.4, -0.2) is 56.2 Å². The Morgan fingerprint density at radius 2 is 1.68 bits per heavy atom. The van der Waals surface area contributed by atoms with Gasteiger partial charge in [-0.1, -0.05) is 0 Å². The SMILES string of the molecule is CCOC(=O)CN(C)C(=O)CCC(=O)OC(=O)OC. The summed E-state index contributed by atoms with van der Waals surface area (Å²) in [5.41, 5.74) is 0. The Hall–Kier alpha value is -2.12. The zero-order valence-electron chi connectivity index (χ0n) is 11.1. The molecule has 0 saturated carbocycles. The molecule has 0 rings (SSSR count). The Balaban J connectivity index is 4.00. The van der Waals surface area contributed by atoms with Crippen molar-refractivity contribution in [1.82, 2.24) is 4.90 Å². The molecule has 0 spiro atoms. The molecule has 8 heteroatoms. The van der Waals surface area contributed by atoms with Gasteiger partial charge in [0.05, 0.1) is 20.1 Å². The first-order chi connectivity index (χ1) is 8.90. The van der Waals surface area contributed by atoms with E-state index in [4.69, 9.17) is 0 Å². The molecule has 0 fully saturated rings. The normalized spacial score (nSPS) is 9.42. The van der Waals surface area contributed by atoms with Crippen LogP contribution in [0.5, 0.6) is 0 Å². The molecule has 0 aromatic heterocycles. The van der Waals surface area contributed by atoms with Crippen LogP contribution in [0.4, 0.5) is 4.79 Å². The fourth-order valence-corrected chi connectivity index (χ4v) is 1.07. The standard InChI is InChI=1S/C11H17NO7/c1-4-18-10(15)7-12(2)8(13)5-6-9(14)19-11(16)17-3/h4-7H2,1-3H3. The number of methoxy groups -OCH3 is 1. The number of hydrogen-bond donors (Lipinski definition) is 0. The molecule has 19 heavy (non-hydrogen) atoms. The number of carbonyl (C=O) groups is 4. The third-order valence-corrected chi connectivity index (χ3v) is 2.00. The topological polar surface area (TPSA) is 99.2 Å². The van der Waals surface area contributed by atoms with Gasteiger partial charge in [0.2, 0.25) is 5.91 Å². The van der Waals surface area contributed by atoms with Crippen LogP contribution < -0.4 is 0 Å². The van der Waals surface area contributed by atoms with Gasteiger partial charge in [0.1, 0.15) is 6.54 Å². The van der Waals surface area contributed by atoms with Crippen molar-refractivity contribution in [3.8, 4) is 0 Å². The molecule has 0 N–H and O–H groups in total. The van der Waals surface area contributed by atoms with Gasteiger partial charge in [-0.2, -0.15) is 0 Å². The Bertz CT molecular complexity index is 353. The van der Waals surface area contributed by atoms with Gasteiger partial charge < -0.3 is 19.1 Å². The molecule has 0 bridgehead atoms. The molecule has 0 unspecified atom stereocenters. The molecular weight excluding hydrogens is 258 g/mol. The average molecular weight is 275 g/mol. The van der Waals surface area contributed by atoms with Gasteiger partial charge in [0.15, 0.2) is 0 Å². The van der Waals surface area contributed by atoms with Crippen molar-refractivity contribution < 1.29 is 33.4 Å². The van der Waals surface area contributed by atoms with Gasteiger partial charge in [0.25, 0.3) is 0 Å². The highest BCUT2D eigenvalue weighted by Gasteiger charge is 2.17. The third-order valence-electron chi connectivity index (χ3n) is 2.00. The fourth-order valence-electron chi connectivity index (χ4n) is 1.07. The molecule has 0 aliphatic rings. The number of carbonyl (C=O) groups excluding carboxylic acids is 4. The molecular formula is C11H17NO7. The molecule has 0 aliphatic carbocycles. The van der Waals surface area contributed by atoms with E-state index >= 15 is 0 Å². The van der Waals surface area contributed by atoms with E-state index in [2.05, 4.69) is 14.2 Å². The highest BCUT2D eigenvalue weighted by Crippen LogP contribution is 1.99. The Morgan fingerprint density at radius 1 is 1.05 bits per heavy atom. The highest BCUT2D eigenvalue weighted by molar-refractivity contribution is 5.87. The van der Waals surface area contributed by atoms with Gasteiger partial charge in [-0.05, 0) is 6.92 Å². The third kappa shape index (κ3) is 7.74. The first-order valence-electron chi connectivity index (χ1n) is 5.58. The summed E-state index contributed by atoms with van der Waals surface area (Å²) in [7, 11) is 2.47. The summed E-state index contributed by atoms with van der Waals surface area (Å²) in [6, 6.07) is 0. The summed E-state index contributed by atoms with van der Waals surface area (Å²) < 4.78 is 13.0. The van der Waals surface area contributed by atoms with Crippen LogP contribution in [-0.2, 0) is 28.6 Å². The Labute approximate surface area is 110 Å². The number of rotatable bonds is 6. The molecule has 8 nitrogen and oxygen atoms in total. The van der Waals surface area contributed by atoms with Crippen molar-refractivity contribution in [2.45, 2.75) is 19.8 Å². The van der Waals surface area contributed by atoms with Crippen LogP contribution in [0.3, 0.4) is 0 Å². The van der Waals surface area contributed by atoms with E-state index in [-0.39, 0.29) is 26.0 Å². The summed E-state index contributed by atoms with van der Waals surface area (Å²) in [5.74, 6) is -1.84. The van der Waals surface area contributed by atoms with E-state index < -0.39 is 24.0 Å². The number of amides is 1. The Kier molecular flexibility index (Phi) is 7.90.